The first-order valence-corrected chi connectivity index (χ1v) is 8.92. The van der Waals surface area contributed by atoms with Crippen molar-refractivity contribution in [3.63, 3.8) is 0 Å². The minimum atomic E-state index is -0.492. The third-order valence-corrected chi connectivity index (χ3v) is 5.50. The Morgan fingerprint density at radius 1 is 1.12 bits per heavy atom. The van der Waals surface area contributed by atoms with E-state index in [2.05, 4.69) is 0 Å². The fourth-order valence-corrected chi connectivity index (χ4v) is 3.78. The first-order chi connectivity index (χ1) is 12.0. The second-order valence-electron chi connectivity index (χ2n) is 6.19. The molecule has 1 saturated heterocycles. The van der Waals surface area contributed by atoms with Gasteiger partial charge in [-0.1, -0.05) is 41.2 Å². The molecule has 0 atom stereocenters. The topological polar surface area (TPSA) is 80.5 Å². The van der Waals surface area contributed by atoms with Crippen molar-refractivity contribution < 1.29 is 14.5 Å². The minimum absolute atomic E-state index is 0.0345. The zero-order valence-electron chi connectivity index (χ0n) is 13.8. The molecule has 0 bridgehead atoms. The molecule has 1 aliphatic heterocycles. The second-order valence-corrected chi connectivity index (χ2v) is 7.25. The molecule has 25 heavy (non-hydrogen) atoms. The van der Waals surface area contributed by atoms with Crippen LogP contribution in [0.3, 0.4) is 0 Å². The van der Waals surface area contributed by atoms with Gasteiger partial charge in [-0.05, 0) is 25.8 Å². The zero-order chi connectivity index (χ0) is 18.0. The number of benzene rings is 1. The third kappa shape index (κ3) is 3.76. The SMILES string of the molecule is Cc1ccc(C(=O)C2CCN(C(=O)c3ccc([N+](=O)[O-])s3)CC2)cc1. The lowest BCUT2D eigenvalue weighted by Crippen LogP contribution is -2.40. The smallest absolute Gasteiger partial charge is 0.324 e. The Balaban J connectivity index is 1.61. The first-order valence-electron chi connectivity index (χ1n) is 8.10. The van der Waals surface area contributed by atoms with Gasteiger partial charge in [0.1, 0.15) is 0 Å². The molecule has 2 heterocycles. The highest BCUT2D eigenvalue weighted by molar-refractivity contribution is 7.17. The molecule has 1 amide bonds. The molecule has 1 aromatic heterocycles. The zero-order valence-corrected chi connectivity index (χ0v) is 14.6. The van der Waals surface area contributed by atoms with Crippen LogP contribution in [0.15, 0.2) is 36.4 Å². The normalized spacial score (nSPS) is 15.2. The number of likely N-dealkylation sites (tertiary alicyclic amines) is 1. The number of aryl methyl sites for hydroxylation is 1. The van der Waals surface area contributed by atoms with Crippen molar-refractivity contribution in [2.75, 3.05) is 13.1 Å². The van der Waals surface area contributed by atoms with E-state index in [1.54, 1.807) is 4.90 Å². The lowest BCUT2D eigenvalue weighted by Gasteiger charge is -2.31. The molecular formula is C18H18N2O4S. The molecule has 1 aromatic carbocycles. The van der Waals surface area contributed by atoms with E-state index in [1.165, 1.54) is 12.1 Å². The van der Waals surface area contributed by atoms with Crippen LogP contribution in [0.4, 0.5) is 5.00 Å². The van der Waals surface area contributed by atoms with Crippen LogP contribution in [0.1, 0.15) is 38.4 Å². The molecule has 0 radical (unpaired) electrons. The molecular weight excluding hydrogens is 340 g/mol. The Morgan fingerprint density at radius 3 is 2.32 bits per heavy atom. The van der Waals surface area contributed by atoms with Gasteiger partial charge in [-0.3, -0.25) is 19.7 Å². The predicted molar refractivity (Wildman–Crippen MR) is 95.1 cm³/mol. The quantitative estimate of drug-likeness (QED) is 0.474. The molecule has 0 saturated carbocycles. The van der Waals surface area contributed by atoms with Gasteiger partial charge in [0.15, 0.2) is 5.78 Å². The molecule has 130 valence electrons. The van der Waals surface area contributed by atoms with E-state index in [4.69, 9.17) is 0 Å². The molecule has 0 aliphatic carbocycles. The van der Waals surface area contributed by atoms with Crippen LogP contribution in [0.25, 0.3) is 0 Å². The average Bonchev–Trinajstić information content (AvgIpc) is 3.12. The van der Waals surface area contributed by atoms with Crippen LogP contribution < -0.4 is 0 Å². The number of thiophene rings is 1. The van der Waals surface area contributed by atoms with Crippen LogP contribution in [0.2, 0.25) is 0 Å². The van der Waals surface area contributed by atoms with Crippen LogP contribution in [0, 0.1) is 23.0 Å². The van der Waals surface area contributed by atoms with Gasteiger partial charge in [-0.15, -0.1) is 0 Å². The number of piperidine rings is 1. The highest BCUT2D eigenvalue weighted by Gasteiger charge is 2.29. The molecule has 7 heteroatoms. The Morgan fingerprint density at radius 2 is 1.76 bits per heavy atom. The summed E-state index contributed by atoms with van der Waals surface area (Å²) in [6.45, 7) is 2.97. The second kappa shape index (κ2) is 7.14. The lowest BCUT2D eigenvalue weighted by atomic mass is 9.88. The largest absolute Gasteiger partial charge is 0.338 e. The number of carbonyl (C=O) groups is 2. The van der Waals surface area contributed by atoms with Gasteiger partial charge in [0.25, 0.3) is 5.91 Å². The number of nitro groups is 1. The third-order valence-electron chi connectivity index (χ3n) is 4.47. The highest BCUT2D eigenvalue weighted by atomic mass is 32.1. The molecule has 0 spiro atoms. The molecule has 3 rings (SSSR count). The Hall–Kier alpha value is -2.54. The summed E-state index contributed by atoms with van der Waals surface area (Å²) < 4.78 is 0. The Kier molecular flexibility index (Phi) is 4.94. The summed E-state index contributed by atoms with van der Waals surface area (Å²) in [7, 11) is 0. The monoisotopic (exact) mass is 358 g/mol. The van der Waals surface area contributed by atoms with Gasteiger partial charge in [0.2, 0.25) is 0 Å². The summed E-state index contributed by atoms with van der Waals surface area (Å²) >= 11 is 0.891. The first kappa shape index (κ1) is 17.3. The van der Waals surface area contributed by atoms with Gasteiger partial charge in [0, 0.05) is 30.6 Å². The number of hydrogen-bond acceptors (Lipinski definition) is 5. The number of ketones is 1. The van der Waals surface area contributed by atoms with Crippen molar-refractivity contribution in [1.29, 1.82) is 0 Å². The van der Waals surface area contributed by atoms with Crippen molar-refractivity contribution in [3.05, 3.63) is 62.5 Å². The maximum atomic E-state index is 12.6. The minimum Gasteiger partial charge on any atom is -0.338 e. The van der Waals surface area contributed by atoms with Crippen molar-refractivity contribution in [3.8, 4) is 0 Å². The molecule has 0 unspecified atom stereocenters. The van der Waals surface area contributed by atoms with Gasteiger partial charge < -0.3 is 4.90 Å². The predicted octanol–water partition coefficient (Wildman–Crippen LogP) is 3.70. The fraction of sp³-hybridized carbons (Fsp3) is 0.333. The van der Waals surface area contributed by atoms with E-state index in [0.29, 0.717) is 36.4 Å². The summed E-state index contributed by atoms with van der Waals surface area (Å²) in [6, 6.07) is 10.4. The number of nitrogens with zero attached hydrogens (tertiary/aromatic N) is 2. The number of Topliss-reactive ketones (excluding diaryl/α,β-unsaturated/α-hetero) is 1. The van der Waals surface area contributed by atoms with Crippen molar-refractivity contribution >= 4 is 28.0 Å². The van der Waals surface area contributed by atoms with Crippen molar-refractivity contribution in [1.82, 2.24) is 4.90 Å². The van der Waals surface area contributed by atoms with Crippen molar-refractivity contribution in [2.45, 2.75) is 19.8 Å². The lowest BCUT2D eigenvalue weighted by molar-refractivity contribution is -0.380. The maximum Gasteiger partial charge on any atom is 0.324 e. The standard InChI is InChI=1S/C18H18N2O4S/c1-12-2-4-13(5-3-12)17(21)14-8-10-19(11-9-14)18(22)15-6-7-16(25-15)20(23)24/h2-7,14H,8-11H2,1H3. The van der Waals surface area contributed by atoms with Crippen LogP contribution >= 0.6 is 11.3 Å². The van der Waals surface area contributed by atoms with E-state index in [0.717, 1.165) is 16.9 Å². The maximum absolute atomic E-state index is 12.6. The average molecular weight is 358 g/mol. The number of amides is 1. The molecule has 6 nitrogen and oxygen atoms in total. The van der Waals surface area contributed by atoms with Gasteiger partial charge in [0.05, 0.1) is 9.80 Å². The number of rotatable bonds is 4. The molecule has 2 aromatic rings. The summed E-state index contributed by atoms with van der Waals surface area (Å²) in [4.78, 5) is 37.3. The van der Waals surface area contributed by atoms with Crippen LogP contribution in [0.5, 0.6) is 0 Å². The number of carbonyl (C=O) groups excluding carboxylic acids is 2. The fourth-order valence-electron chi connectivity index (χ4n) is 2.99. The molecule has 0 N–H and O–H groups in total. The van der Waals surface area contributed by atoms with Crippen molar-refractivity contribution in [2.24, 2.45) is 5.92 Å². The van der Waals surface area contributed by atoms with E-state index in [9.17, 15) is 19.7 Å². The molecule has 1 aliphatic rings. The number of hydrogen-bond donors (Lipinski definition) is 0. The van der Waals surface area contributed by atoms with E-state index in [1.807, 2.05) is 31.2 Å². The van der Waals surface area contributed by atoms with E-state index >= 15 is 0 Å². The van der Waals surface area contributed by atoms with Crippen LogP contribution in [-0.4, -0.2) is 34.6 Å². The summed E-state index contributed by atoms with van der Waals surface area (Å²) in [6.07, 6.45) is 1.23. The van der Waals surface area contributed by atoms with E-state index in [-0.39, 0.29) is 22.6 Å². The Bertz CT molecular complexity index is 805. The van der Waals surface area contributed by atoms with Gasteiger partial charge in [-0.25, -0.2) is 0 Å². The summed E-state index contributed by atoms with van der Waals surface area (Å²) in [5.41, 5.74) is 1.83. The molecule has 1 fully saturated rings. The van der Waals surface area contributed by atoms with Gasteiger partial charge >= 0.3 is 5.00 Å². The van der Waals surface area contributed by atoms with Gasteiger partial charge in [-0.2, -0.15) is 0 Å². The Labute approximate surface area is 149 Å². The van der Waals surface area contributed by atoms with E-state index < -0.39 is 4.92 Å². The van der Waals surface area contributed by atoms with Crippen LogP contribution in [-0.2, 0) is 0 Å². The summed E-state index contributed by atoms with van der Waals surface area (Å²) in [5.74, 6) is -0.150. The highest BCUT2D eigenvalue weighted by Crippen LogP contribution is 2.28. The summed E-state index contributed by atoms with van der Waals surface area (Å²) in [5, 5.41) is 10.7.